The molecule has 0 aliphatic heterocycles. The molecule has 7 heavy (non-hydrogen) atoms. The van der Waals surface area contributed by atoms with Crippen molar-refractivity contribution < 1.29 is 22.4 Å². The molecule has 0 amide bonds. The van der Waals surface area contributed by atoms with Crippen LogP contribution >= 0.6 is 0 Å². The van der Waals surface area contributed by atoms with Crippen molar-refractivity contribution in [3.63, 3.8) is 0 Å². The molecular formula is C5H14NTa-3. The van der Waals surface area contributed by atoms with E-state index in [1.807, 2.05) is 0 Å². The first-order valence-electron chi connectivity index (χ1n) is 1.71. The quantitative estimate of drug-likeness (QED) is 0.656. The van der Waals surface area contributed by atoms with Crippen molar-refractivity contribution in [2.75, 3.05) is 0 Å². The normalized spacial score (nSPS) is 4.29. The van der Waals surface area contributed by atoms with Crippen LogP contribution < -0.4 is 0 Å². The Morgan fingerprint density at radius 1 is 1.43 bits per heavy atom. The number of hydrogen-bond donors (Lipinski definition) is 0. The van der Waals surface area contributed by atoms with Gasteiger partial charge in [-0.25, -0.2) is 0 Å². The van der Waals surface area contributed by atoms with Crippen LogP contribution in [0.1, 0.15) is 19.8 Å². The van der Waals surface area contributed by atoms with Gasteiger partial charge in [0, 0.05) is 22.4 Å². The van der Waals surface area contributed by atoms with Gasteiger partial charge >= 0.3 is 0 Å². The van der Waals surface area contributed by atoms with E-state index in [9.17, 15) is 0 Å². The topological polar surface area (TPSA) is 33.5 Å². The molecule has 0 aliphatic carbocycles. The average molecular weight is 269 g/mol. The van der Waals surface area contributed by atoms with Crippen LogP contribution in [0, 0.1) is 14.4 Å². The Morgan fingerprint density at radius 2 is 1.57 bits per heavy atom. The maximum absolute atomic E-state index is 3.60. The molecule has 0 heterocycles. The molecule has 0 aromatic carbocycles. The standard InChI is InChI=1S/C4H9.CH3.H2N.Ta/c1-3-4-2;;;/h1,3-4H2,2H3;1H3;1H2;/q3*-1;. The molecule has 2 heteroatoms. The number of unbranched alkanes of at least 4 members (excludes halogenated alkanes) is 1. The van der Waals surface area contributed by atoms with Gasteiger partial charge < -0.3 is 20.5 Å². The van der Waals surface area contributed by atoms with E-state index in [4.69, 9.17) is 0 Å². The first kappa shape index (κ1) is 25.2. The summed E-state index contributed by atoms with van der Waals surface area (Å²) in [7, 11) is 0. The van der Waals surface area contributed by atoms with Crippen molar-refractivity contribution in [3.05, 3.63) is 20.5 Å². The van der Waals surface area contributed by atoms with Gasteiger partial charge in [0.1, 0.15) is 0 Å². The van der Waals surface area contributed by atoms with Crippen molar-refractivity contribution >= 4 is 0 Å². The molecule has 0 aromatic heterocycles. The van der Waals surface area contributed by atoms with Gasteiger partial charge in [-0.15, -0.1) is 0 Å². The summed E-state index contributed by atoms with van der Waals surface area (Å²) in [5.74, 6) is 0. The van der Waals surface area contributed by atoms with Crippen LogP contribution in [0.3, 0.4) is 0 Å². The molecule has 0 rings (SSSR count). The van der Waals surface area contributed by atoms with Crippen LogP contribution in [-0.2, 0) is 22.4 Å². The predicted octanol–water partition coefficient (Wildman–Crippen LogP) is 2.79. The zero-order valence-electron chi connectivity index (χ0n) is 5.15. The van der Waals surface area contributed by atoms with Crippen LogP contribution in [0.5, 0.6) is 0 Å². The molecule has 0 aromatic rings. The minimum Gasteiger partial charge on any atom is -0.693 e. The van der Waals surface area contributed by atoms with Gasteiger partial charge in [0.15, 0.2) is 0 Å². The second kappa shape index (κ2) is 29.9. The summed E-state index contributed by atoms with van der Waals surface area (Å²) in [6.45, 7) is 5.72. The fourth-order valence-corrected chi connectivity index (χ4v) is 0. The monoisotopic (exact) mass is 269 g/mol. The fraction of sp³-hybridized carbons (Fsp3) is 0.600. The minimum atomic E-state index is 0. The van der Waals surface area contributed by atoms with E-state index < -0.39 is 0 Å². The predicted molar refractivity (Wildman–Crippen MR) is 32.0 cm³/mol. The maximum atomic E-state index is 3.60. The van der Waals surface area contributed by atoms with Crippen molar-refractivity contribution in [1.82, 2.24) is 0 Å². The third kappa shape index (κ3) is 51.2. The molecule has 0 aliphatic rings. The largest absolute Gasteiger partial charge is 0.693 e. The summed E-state index contributed by atoms with van der Waals surface area (Å²) >= 11 is 0. The summed E-state index contributed by atoms with van der Waals surface area (Å²) in [5, 5.41) is 0. The van der Waals surface area contributed by atoms with Crippen LogP contribution in [-0.4, -0.2) is 0 Å². The molecule has 0 bridgehead atoms. The third-order valence-corrected chi connectivity index (χ3v) is 0.354. The Bertz CT molecular complexity index is 10.0. The van der Waals surface area contributed by atoms with Gasteiger partial charge in [-0.3, -0.25) is 0 Å². The summed E-state index contributed by atoms with van der Waals surface area (Å²) in [5.41, 5.74) is 0. The third-order valence-electron chi connectivity index (χ3n) is 0.354. The van der Waals surface area contributed by atoms with Gasteiger partial charge in [-0.05, 0) is 0 Å². The van der Waals surface area contributed by atoms with E-state index >= 15 is 0 Å². The molecule has 0 atom stereocenters. The summed E-state index contributed by atoms with van der Waals surface area (Å²) < 4.78 is 0. The van der Waals surface area contributed by atoms with Crippen molar-refractivity contribution in [2.45, 2.75) is 19.8 Å². The molecule has 47 valence electrons. The van der Waals surface area contributed by atoms with Gasteiger partial charge in [0.25, 0.3) is 0 Å². The number of hydrogen-bond acceptors (Lipinski definition) is 0. The molecule has 1 nitrogen and oxygen atoms in total. The Labute approximate surface area is 63.0 Å². The van der Waals surface area contributed by atoms with E-state index in [-0.39, 0.29) is 36.0 Å². The molecule has 0 fully saturated rings. The van der Waals surface area contributed by atoms with E-state index in [1.165, 1.54) is 6.42 Å². The zero-order valence-corrected chi connectivity index (χ0v) is 8.36. The van der Waals surface area contributed by atoms with Crippen molar-refractivity contribution in [2.24, 2.45) is 0 Å². The SMILES string of the molecule is [CH2-]CCC.[CH3-].[NH2-].[Ta]. The summed E-state index contributed by atoms with van der Waals surface area (Å²) in [6.07, 6.45) is 2.28. The molecule has 0 unspecified atom stereocenters. The fourth-order valence-electron chi connectivity index (χ4n) is 0. The molecule has 2 N–H and O–H groups in total. The van der Waals surface area contributed by atoms with Gasteiger partial charge in [0.05, 0.1) is 0 Å². The summed E-state index contributed by atoms with van der Waals surface area (Å²) in [6, 6.07) is 0. The van der Waals surface area contributed by atoms with Gasteiger partial charge in [-0.1, -0.05) is 13.3 Å². The Balaban J connectivity index is -0.0000000150. The van der Waals surface area contributed by atoms with Crippen LogP contribution in [0.25, 0.3) is 6.15 Å². The van der Waals surface area contributed by atoms with Gasteiger partial charge in [-0.2, -0.15) is 6.42 Å². The second-order valence-corrected chi connectivity index (χ2v) is 0.854. The van der Waals surface area contributed by atoms with E-state index in [2.05, 4.69) is 13.8 Å². The van der Waals surface area contributed by atoms with Crippen molar-refractivity contribution in [1.29, 1.82) is 0 Å². The van der Waals surface area contributed by atoms with Crippen LogP contribution in [0.2, 0.25) is 0 Å². The molecule has 0 saturated carbocycles. The van der Waals surface area contributed by atoms with E-state index in [1.54, 1.807) is 0 Å². The van der Waals surface area contributed by atoms with E-state index in [0.29, 0.717) is 0 Å². The first-order chi connectivity index (χ1) is 1.91. The Hall–Kier alpha value is 0.700. The average Bonchev–Trinajstić information content (AvgIpc) is 1.37. The molecule has 0 spiro atoms. The Kier molecular flexibility index (Phi) is 108. The van der Waals surface area contributed by atoms with Crippen LogP contribution in [0.4, 0.5) is 0 Å². The second-order valence-electron chi connectivity index (χ2n) is 0.854. The minimum absolute atomic E-state index is 0. The molecule has 1 radical (unpaired) electrons. The zero-order chi connectivity index (χ0) is 3.41. The van der Waals surface area contributed by atoms with Crippen molar-refractivity contribution in [3.8, 4) is 0 Å². The number of rotatable bonds is 1. The smallest absolute Gasteiger partial charge is 0 e. The summed E-state index contributed by atoms with van der Waals surface area (Å²) in [4.78, 5) is 0. The number of nitrogens with two attached hydrogens (primary N) is 1. The molecular weight excluding hydrogens is 255 g/mol. The van der Waals surface area contributed by atoms with Crippen LogP contribution in [0.15, 0.2) is 0 Å². The van der Waals surface area contributed by atoms with Gasteiger partial charge in [0.2, 0.25) is 0 Å². The molecule has 0 saturated heterocycles. The Morgan fingerprint density at radius 3 is 1.57 bits per heavy atom. The maximum Gasteiger partial charge on any atom is 0 e. The first-order valence-corrected chi connectivity index (χ1v) is 1.71. The van der Waals surface area contributed by atoms with E-state index in [0.717, 1.165) is 6.42 Å².